The third-order valence-electron chi connectivity index (χ3n) is 1.88. The van der Waals surface area contributed by atoms with Crippen LogP contribution in [0, 0.1) is 0 Å². The van der Waals surface area contributed by atoms with Gasteiger partial charge in [0.05, 0.1) is 26.3 Å². The second-order valence-corrected chi connectivity index (χ2v) is 4.98. The van der Waals surface area contributed by atoms with Crippen LogP contribution in [-0.2, 0) is 0 Å². The summed E-state index contributed by atoms with van der Waals surface area (Å²) in [7, 11) is 4.02. The quantitative estimate of drug-likeness (QED) is 0.723. The first-order valence-electron chi connectivity index (χ1n) is 5.09. The van der Waals surface area contributed by atoms with E-state index in [-0.39, 0.29) is 15.1 Å². The van der Waals surface area contributed by atoms with Crippen molar-refractivity contribution in [2.45, 2.75) is 0 Å². The van der Waals surface area contributed by atoms with Gasteiger partial charge in [0.2, 0.25) is 0 Å². The number of halogens is 2. The van der Waals surface area contributed by atoms with Crippen LogP contribution in [0.4, 0.5) is 0 Å². The molecule has 1 rings (SSSR count). The summed E-state index contributed by atoms with van der Waals surface area (Å²) in [5, 5.41) is 27.8. The van der Waals surface area contributed by atoms with Gasteiger partial charge in [-0.2, -0.15) is 0 Å². The van der Waals surface area contributed by atoms with Gasteiger partial charge < -0.3 is 20.2 Å². The van der Waals surface area contributed by atoms with E-state index in [1.165, 1.54) is 17.0 Å². The number of aliphatic hydroxyl groups excluding tert-OH is 1. The standard InChI is InChI=1S/C7H4BrClO3.C4H11NO/c8-3-1-2-4(9)6(10)5(3)7(11)12;1-5(2)3-4-6/h1-2,10H,(H,11,12);6H,3-4H2,1-2H3. The Morgan fingerprint density at radius 3 is 2.33 bits per heavy atom. The molecule has 0 fully saturated rings. The van der Waals surface area contributed by atoms with Crippen molar-refractivity contribution in [2.75, 3.05) is 27.2 Å². The van der Waals surface area contributed by atoms with E-state index < -0.39 is 11.7 Å². The summed E-state index contributed by atoms with van der Waals surface area (Å²) in [6, 6.07) is 2.77. The summed E-state index contributed by atoms with van der Waals surface area (Å²) in [5.74, 6) is -1.95. The van der Waals surface area contributed by atoms with Crippen molar-refractivity contribution in [1.82, 2.24) is 0 Å². The highest BCUT2D eigenvalue weighted by Crippen LogP contribution is 2.30. The molecular formula is C11H15BrClNO4. The minimum atomic E-state index is -1.28. The van der Waals surface area contributed by atoms with Gasteiger partial charge in [-0.3, -0.25) is 0 Å². The van der Waals surface area contributed by atoms with Crippen molar-refractivity contribution in [2.24, 2.45) is 0 Å². The molecule has 102 valence electrons. The minimum absolute atomic E-state index is 0.0874. The fraction of sp³-hybridized carbons (Fsp3) is 0.364. The summed E-state index contributed by atoms with van der Waals surface area (Å²) >= 11 is 8.38. The molecule has 0 radical (unpaired) electrons. The second kappa shape index (κ2) is 8.31. The lowest BCUT2D eigenvalue weighted by Crippen LogP contribution is -3.06. The Kier molecular flexibility index (Phi) is 7.93. The SMILES string of the molecule is C[NH+](C)CCO.O=C(O)c1c(Br)ccc(Cl)c1[O-]. The number of hydrogen-bond donors (Lipinski definition) is 3. The average molecular weight is 341 g/mol. The Hall–Kier alpha value is -0.820. The van der Waals surface area contributed by atoms with Gasteiger partial charge in [-0.1, -0.05) is 17.4 Å². The Balaban J connectivity index is 0.000000411. The highest BCUT2D eigenvalue weighted by molar-refractivity contribution is 9.10. The molecule has 0 saturated carbocycles. The minimum Gasteiger partial charge on any atom is -0.871 e. The number of nitrogens with one attached hydrogen (secondary N) is 1. The third kappa shape index (κ3) is 5.68. The maximum Gasteiger partial charge on any atom is 0.336 e. The van der Waals surface area contributed by atoms with E-state index in [9.17, 15) is 9.90 Å². The smallest absolute Gasteiger partial charge is 0.336 e. The highest BCUT2D eigenvalue weighted by atomic mass is 79.9. The van der Waals surface area contributed by atoms with Crippen molar-refractivity contribution < 1.29 is 25.0 Å². The number of likely N-dealkylation sites (N-methyl/N-ethyl adjacent to an activating group) is 1. The zero-order chi connectivity index (χ0) is 14.3. The normalized spacial score (nSPS) is 9.89. The zero-order valence-corrected chi connectivity index (χ0v) is 12.4. The number of aromatic carboxylic acids is 1. The van der Waals surface area contributed by atoms with E-state index in [0.29, 0.717) is 6.61 Å². The molecule has 5 nitrogen and oxygen atoms in total. The van der Waals surface area contributed by atoms with Gasteiger partial charge in [0, 0.05) is 9.50 Å². The van der Waals surface area contributed by atoms with Crippen molar-refractivity contribution in [3.05, 3.63) is 27.2 Å². The van der Waals surface area contributed by atoms with Crippen LogP contribution < -0.4 is 10.0 Å². The van der Waals surface area contributed by atoms with Gasteiger partial charge in [0.25, 0.3) is 0 Å². The van der Waals surface area contributed by atoms with Crippen LogP contribution in [0.15, 0.2) is 16.6 Å². The van der Waals surface area contributed by atoms with E-state index in [1.807, 2.05) is 14.1 Å². The molecule has 0 bridgehead atoms. The fourth-order valence-corrected chi connectivity index (χ4v) is 1.60. The number of hydrogen-bond acceptors (Lipinski definition) is 3. The summed E-state index contributed by atoms with van der Waals surface area (Å²) in [6.07, 6.45) is 0. The van der Waals surface area contributed by atoms with Crippen molar-refractivity contribution in [3.8, 4) is 5.75 Å². The first-order valence-corrected chi connectivity index (χ1v) is 6.26. The topological polar surface area (TPSA) is 85.0 Å². The molecule has 0 aliphatic heterocycles. The molecule has 0 unspecified atom stereocenters. The molecule has 0 aliphatic carbocycles. The third-order valence-corrected chi connectivity index (χ3v) is 2.84. The molecule has 1 aromatic carbocycles. The summed E-state index contributed by atoms with van der Waals surface area (Å²) in [5.41, 5.74) is -0.331. The second-order valence-electron chi connectivity index (χ2n) is 3.72. The number of aliphatic hydroxyl groups is 1. The molecule has 0 aliphatic rings. The lowest BCUT2D eigenvalue weighted by Gasteiger charge is -2.13. The summed E-state index contributed by atoms with van der Waals surface area (Å²) in [4.78, 5) is 11.8. The molecular weight excluding hydrogens is 325 g/mol. The van der Waals surface area contributed by atoms with Crippen LogP contribution in [0.3, 0.4) is 0 Å². The first-order chi connectivity index (χ1) is 8.31. The lowest BCUT2D eigenvalue weighted by atomic mass is 10.2. The monoisotopic (exact) mass is 339 g/mol. The van der Waals surface area contributed by atoms with Crippen molar-refractivity contribution in [1.29, 1.82) is 0 Å². The Morgan fingerprint density at radius 2 is 2.06 bits per heavy atom. The number of benzene rings is 1. The predicted molar refractivity (Wildman–Crippen MR) is 70.3 cm³/mol. The average Bonchev–Trinajstić information content (AvgIpc) is 2.24. The Morgan fingerprint density at radius 1 is 1.50 bits per heavy atom. The van der Waals surface area contributed by atoms with Crippen LogP contribution in [0.2, 0.25) is 5.02 Å². The molecule has 1 aromatic rings. The largest absolute Gasteiger partial charge is 0.871 e. The van der Waals surface area contributed by atoms with Gasteiger partial charge in [-0.05, 0) is 28.1 Å². The number of rotatable bonds is 3. The van der Waals surface area contributed by atoms with E-state index >= 15 is 0 Å². The van der Waals surface area contributed by atoms with Crippen LogP contribution >= 0.6 is 27.5 Å². The van der Waals surface area contributed by atoms with Gasteiger partial charge >= 0.3 is 5.97 Å². The number of carboxylic acid groups (broad SMARTS) is 1. The Bertz CT molecular complexity index is 412. The highest BCUT2D eigenvalue weighted by Gasteiger charge is 2.10. The van der Waals surface area contributed by atoms with Crippen LogP contribution in [0.5, 0.6) is 5.75 Å². The van der Waals surface area contributed by atoms with E-state index in [0.717, 1.165) is 6.54 Å². The number of carboxylic acids is 1. The van der Waals surface area contributed by atoms with Crippen LogP contribution in [0.25, 0.3) is 0 Å². The van der Waals surface area contributed by atoms with Gasteiger partial charge in [-0.15, -0.1) is 0 Å². The Labute approximate surface area is 119 Å². The predicted octanol–water partition coefficient (Wildman–Crippen LogP) is -0.00250. The fourth-order valence-electron chi connectivity index (χ4n) is 0.956. The molecule has 0 atom stereocenters. The van der Waals surface area contributed by atoms with Gasteiger partial charge in [0.15, 0.2) is 0 Å². The first kappa shape index (κ1) is 17.2. The van der Waals surface area contributed by atoms with Crippen LogP contribution in [-0.4, -0.2) is 43.4 Å². The summed E-state index contributed by atoms with van der Waals surface area (Å²) in [6.45, 7) is 1.14. The molecule has 18 heavy (non-hydrogen) atoms. The zero-order valence-electron chi connectivity index (χ0n) is 10.0. The van der Waals surface area contributed by atoms with E-state index in [4.69, 9.17) is 21.8 Å². The molecule has 0 spiro atoms. The van der Waals surface area contributed by atoms with E-state index in [2.05, 4.69) is 15.9 Å². The molecule has 0 aromatic heterocycles. The van der Waals surface area contributed by atoms with Gasteiger partial charge in [-0.25, -0.2) is 4.79 Å². The molecule has 7 heteroatoms. The van der Waals surface area contributed by atoms with Gasteiger partial charge in [0.1, 0.15) is 6.54 Å². The molecule has 0 heterocycles. The molecule has 3 N–H and O–H groups in total. The van der Waals surface area contributed by atoms with Crippen LogP contribution in [0.1, 0.15) is 10.4 Å². The lowest BCUT2D eigenvalue weighted by molar-refractivity contribution is -0.858. The number of quaternary nitrogens is 1. The van der Waals surface area contributed by atoms with Crippen molar-refractivity contribution in [3.63, 3.8) is 0 Å². The number of carbonyl (C=O) groups is 1. The van der Waals surface area contributed by atoms with Crippen molar-refractivity contribution >= 4 is 33.5 Å². The molecule has 0 saturated heterocycles. The maximum atomic E-state index is 11.1. The maximum absolute atomic E-state index is 11.1. The van der Waals surface area contributed by atoms with E-state index in [1.54, 1.807) is 0 Å². The molecule has 0 amide bonds. The summed E-state index contributed by atoms with van der Waals surface area (Å²) < 4.78 is 0.240.